The summed E-state index contributed by atoms with van der Waals surface area (Å²) in [5, 5.41) is 0. The number of ether oxygens (including phenoxy) is 1. The summed E-state index contributed by atoms with van der Waals surface area (Å²) >= 11 is 0. The molecule has 2 nitrogen and oxygen atoms in total. The van der Waals surface area contributed by atoms with Gasteiger partial charge in [-0.1, -0.05) is 38.8 Å². The molecular weight excluding hydrogens is 229 g/mol. The summed E-state index contributed by atoms with van der Waals surface area (Å²) in [4.78, 5) is 0. The van der Waals surface area contributed by atoms with Gasteiger partial charge in [-0.25, -0.2) is 4.39 Å². The highest BCUT2D eigenvalue weighted by molar-refractivity contribution is 5.36. The summed E-state index contributed by atoms with van der Waals surface area (Å²) in [5.74, 6) is 0.772. The first-order valence-electron chi connectivity index (χ1n) is 6.62. The topological polar surface area (TPSA) is 35.2 Å². The van der Waals surface area contributed by atoms with E-state index in [-0.39, 0.29) is 17.5 Å². The fraction of sp³-hybridized carbons (Fsp3) is 0.600. The van der Waals surface area contributed by atoms with Crippen LogP contribution in [0.2, 0.25) is 0 Å². The van der Waals surface area contributed by atoms with E-state index in [4.69, 9.17) is 10.5 Å². The molecular formula is C15H22FNO. The SMILES string of the molecule is COc1cccc(C2(N)CCCC(C)C2C)c1F. The predicted molar refractivity (Wildman–Crippen MR) is 71.0 cm³/mol. The minimum atomic E-state index is -0.573. The summed E-state index contributed by atoms with van der Waals surface area (Å²) in [5.41, 5.74) is 6.57. The van der Waals surface area contributed by atoms with Crippen molar-refractivity contribution in [1.82, 2.24) is 0 Å². The van der Waals surface area contributed by atoms with E-state index >= 15 is 0 Å². The summed E-state index contributed by atoms with van der Waals surface area (Å²) in [6.45, 7) is 4.33. The zero-order chi connectivity index (χ0) is 13.3. The second kappa shape index (κ2) is 4.88. The highest BCUT2D eigenvalue weighted by atomic mass is 19.1. The molecule has 2 N–H and O–H groups in total. The van der Waals surface area contributed by atoms with Crippen LogP contribution in [0.4, 0.5) is 4.39 Å². The lowest BCUT2D eigenvalue weighted by Gasteiger charge is -2.43. The first-order chi connectivity index (χ1) is 8.50. The molecule has 1 aromatic carbocycles. The van der Waals surface area contributed by atoms with Crippen LogP contribution >= 0.6 is 0 Å². The molecule has 1 saturated carbocycles. The third kappa shape index (κ3) is 2.01. The largest absolute Gasteiger partial charge is 0.494 e. The van der Waals surface area contributed by atoms with Gasteiger partial charge in [0.05, 0.1) is 7.11 Å². The summed E-state index contributed by atoms with van der Waals surface area (Å²) < 4.78 is 19.5. The minimum Gasteiger partial charge on any atom is -0.494 e. The zero-order valence-corrected chi connectivity index (χ0v) is 11.4. The Morgan fingerprint density at radius 3 is 2.78 bits per heavy atom. The fourth-order valence-electron chi connectivity index (χ4n) is 3.11. The predicted octanol–water partition coefficient (Wildman–Crippen LogP) is 3.44. The maximum absolute atomic E-state index is 14.4. The van der Waals surface area contributed by atoms with Crippen molar-refractivity contribution in [3.63, 3.8) is 0 Å². The molecule has 0 saturated heterocycles. The summed E-state index contributed by atoms with van der Waals surface area (Å²) in [6.07, 6.45) is 3.06. The molecule has 2 rings (SSSR count). The quantitative estimate of drug-likeness (QED) is 0.873. The lowest BCUT2D eigenvalue weighted by Crippen LogP contribution is -2.48. The molecule has 0 heterocycles. The Balaban J connectivity index is 2.46. The van der Waals surface area contributed by atoms with Gasteiger partial charge in [0.15, 0.2) is 11.6 Å². The van der Waals surface area contributed by atoms with Crippen LogP contribution in [0.3, 0.4) is 0 Å². The van der Waals surface area contributed by atoms with Crippen LogP contribution in [-0.4, -0.2) is 7.11 Å². The second-order valence-electron chi connectivity index (χ2n) is 5.52. The molecule has 1 aromatic rings. The molecule has 0 spiro atoms. The highest BCUT2D eigenvalue weighted by Crippen LogP contribution is 2.44. The number of methoxy groups -OCH3 is 1. The molecule has 3 heteroatoms. The van der Waals surface area contributed by atoms with Gasteiger partial charge in [0.25, 0.3) is 0 Å². The van der Waals surface area contributed by atoms with Gasteiger partial charge in [0.1, 0.15) is 0 Å². The molecule has 0 amide bonds. The molecule has 0 bridgehead atoms. The second-order valence-corrected chi connectivity index (χ2v) is 5.52. The van der Waals surface area contributed by atoms with Crippen molar-refractivity contribution in [2.75, 3.05) is 7.11 Å². The Kier molecular flexibility index (Phi) is 3.62. The third-order valence-corrected chi connectivity index (χ3v) is 4.60. The van der Waals surface area contributed by atoms with E-state index in [9.17, 15) is 4.39 Å². The molecule has 1 aliphatic rings. The molecule has 0 aliphatic heterocycles. The van der Waals surface area contributed by atoms with Crippen molar-refractivity contribution in [2.24, 2.45) is 17.6 Å². The number of hydrogen-bond acceptors (Lipinski definition) is 2. The van der Waals surface area contributed by atoms with Crippen LogP contribution in [0.1, 0.15) is 38.7 Å². The van der Waals surface area contributed by atoms with Crippen molar-refractivity contribution >= 4 is 0 Å². The van der Waals surface area contributed by atoms with Crippen LogP contribution in [0.5, 0.6) is 5.75 Å². The van der Waals surface area contributed by atoms with Crippen molar-refractivity contribution in [3.8, 4) is 5.75 Å². The van der Waals surface area contributed by atoms with Gasteiger partial charge in [-0.15, -0.1) is 0 Å². The molecule has 100 valence electrons. The standard InChI is InChI=1S/C15H22FNO/c1-10-6-5-9-15(17,11(10)2)12-7-4-8-13(18-3)14(12)16/h4,7-8,10-11H,5-6,9,17H2,1-3H3. The lowest BCUT2D eigenvalue weighted by molar-refractivity contribution is 0.139. The number of rotatable bonds is 2. The molecule has 1 aliphatic carbocycles. The van der Waals surface area contributed by atoms with E-state index in [1.807, 2.05) is 6.07 Å². The smallest absolute Gasteiger partial charge is 0.170 e. The van der Waals surface area contributed by atoms with Gasteiger partial charge in [-0.05, 0) is 24.3 Å². The summed E-state index contributed by atoms with van der Waals surface area (Å²) in [7, 11) is 1.48. The molecule has 18 heavy (non-hydrogen) atoms. The van der Waals surface area contributed by atoms with E-state index < -0.39 is 5.54 Å². The van der Waals surface area contributed by atoms with Gasteiger partial charge in [-0.3, -0.25) is 0 Å². The van der Waals surface area contributed by atoms with E-state index in [0.717, 1.165) is 12.8 Å². The van der Waals surface area contributed by atoms with Crippen LogP contribution in [0.15, 0.2) is 18.2 Å². The van der Waals surface area contributed by atoms with E-state index in [0.29, 0.717) is 11.5 Å². The highest BCUT2D eigenvalue weighted by Gasteiger charge is 2.41. The summed E-state index contributed by atoms with van der Waals surface area (Å²) in [6, 6.07) is 5.25. The van der Waals surface area contributed by atoms with Gasteiger partial charge >= 0.3 is 0 Å². The van der Waals surface area contributed by atoms with Gasteiger partial charge < -0.3 is 10.5 Å². The number of halogens is 1. The Morgan fingerprint density at radius 1 is 1.39 bits per heavy atom. The average molecular weight is 251 g/mol. The van der Waals surface area contributed by atoms with Crippen molar-refractivity contribution in [3.05, 3.63) is 29.6 Å². The Morgan fingerprint density at radius 2 is 2.11 bits per heavy atom. The molecule has 0 radical (unpaired) electrons. The maximum atomic E-state index is 14.4. The normalized spacial score (nSPS) is 32.3. The van der Waals surface area contributed by atoms with Crippen LogP contribution in [0.25, 0.3) is 0 Å². The molecule has 1 fully saturated rings. The Hall–Kier alpha value is -1.09. The maximum Gasteiger partial charge on any atom is 0.170 e. The first kappa shape index (κ1) is 13.3. The zero-order valence-electron chi connectivity index (χ0n) is 11.4. The number of hydrogen-bond donors (Lipinski definition) is 1. The third-order valence-electron chi connectivity index (χ3n) is 4.60. The average Bonchev–Trinajstić information content (AvgIpc) is 2.36. The fourth-order valence-corrected chi connectivity index (χ4v) is 3.11. The van der Waals surface area contributed by atoms with Crippen LogP contribution in [0, 0.1) is 17.7 Å². The van der Waals surface area contributed by atoms with E-state index in [2.05, 4.69) is 13.8 Å². The molecule has 3 atom stereocenters. The lowest BCUT2D eigenvalue weighted by atomic mass is 9.66. The van der Waals surface area contributed by atoms with Crippen LogP contribution in [-0.2, 0) is 5.54 Å². The van der Waals surface area contributed by atoms with Gasteiger partial charge in [0.2, 0.25) is 0 Å². The first-order valence-corrected chi connectivity index (χ1v) is 6.62. The van der Waals surface area contributed by atoms with Crippen molar-refractivity contribution in [2.45, 2.75) is 38.6 Å². The number of benzene rings is 1. The monoisotopic (exact) mass is 251 g/mol. The van der Waals surface area contributed by atoms with E-state index in [1.54, 1.807) is 12.1 Å². The molecule has 3 unspecified atom stereocenters. The minimum absolute atomic E-state index is 0.271. The van der Waals surface area contributed by atoms with Gasteiger partial charge in [-0.2, -0.15) is 0 Å². The molecule has 0 aromatic heterocycles. The van der Waals surface area contributed by atoms with Crippen molar-refractivity contribution in [1.29, 1.82) is 0 Å². The van der Waals surface area contributed by atoms with Gasteiger partial charge in [0, 0.05) is 11.1 Å². The van der Waals surface area contributed by atoms with Crippen LogP contribution < -0.4 is 10.5 Å². The number of nitrogens with two attached hydrogens (primary N) is 1. The Bertz CT molecular complexity index is 435. The van der Waals surface area contributed by atoms with Crippen molar-refractivity contribution < 1.29 is 9.13 Å². The Labute approximate surface area is 108 Å². The van der Waals surface area contributed by atoms with E-state index in [1.165, 1.54) is 13.5 Å².